The van der Waals surface area contributed by atoms with Crippen LogP contribution in [0.2, 0.25) is 0 Å². The zero-order valence-corrected chi connectivity index (χ0v) is 17.1. The van der Waals surface area contributed by atoms with Crippen LogP contribution in [0.25, 0.3) is 22.2 Å². The monoisotopic (exact) mass is 393 g/mol. The first-order chi connectivity index (χ1) is 14.0. The Balaban J connectivity index is 1.52. The van der Waals surface area contributed by atoms with Gasteiger partial charge in [-0.25, -0.2) is 4.98 Å². The fourth-order valence-corrected chi connectivity index (χ4v) is 4.19. The summed E-state index contributed by atoms with van der Waals surface area (Å²) in [5.74, 6) is 0.619. The average molecular weight is 393 g/mol. The van der Waals surface area contributed by atoms with Crippen LogP contribution >= 0.6 is 0 Å². The maximum absolute atomic E-state index is 6.45. The summed E-state index contributed by atoms with van der Waals surface area (Å²) in [6.45, 7) is 8.02. The highest BCUT2D eigenvalue weighted by Gasteiger charge is 2.40. The first-order valence-electron chi connectivity index (χ1n) is 10.3. The molecule has 3 atom stereocenters. The molecule has 2 fully saturated rings. The van der Waals surface area contributed by atoms with Crippen LogP contribution in [0.3, 0.4) is 0 Å². The molecule has 152 valence electrons. The molecule has 0 bridgehead atoms. The normalized spacial score (nSPS) is 24.6. The molecule has 1 N–H and O–H groups in total. The summed E-state index contributed by atoms with van der Waals surface area (Å²) in [6, 6.07) is 6.30. The Morgan fingerprint density at radius 3 is 3.00 bits per heavy atom. The Bertz CT molecular complexity index is 1030. The summed E-state index contributed by atoms with van der Waals surface area (Å²) in [4.78, 5) is 9.42. The van der Waals surface area contributed by atoms with Crippen LogP contribution in [-0.4, -0.2) is 51.1 Å². The van der Waals surface area contributed by atoms with Gasteiger partial charge in [0.05, 0.1) is 34.9 Å². The number of pyridine rings is 2. The van der Waals surface area contributed by atoms with Gasteiger partial charge < -0.3 is 14.8 Å². The van der Waals surface area contributed by atoms with E-state index in [-0.39, 0.29) is 17.7 Å². The van der Waals surface area contributed by atoms with Crippen LogP contribution in [0.15, 0.2) is 36.8 Å². The lowest BCUT2D eigenvalue weighted by Crippen LogP contribution is -2.49. The number of ether oxygens (including phenoxy) is 2. The first-order valence-corrected chi connectivity index (χ1v) is 10.3. The average Bonchev–Trinajstić information content (AvgIpc) is 3.36. The molecule has 7 nitrogen and oxygen atoms in total. The van der Waals surface area contributed by atoms with Gasteiger partial charge in [-0.05, 0) is 51.8 Å². The van der Waals surface area contributed by atoms with E-state index in [1.165, 1.54) is 0 Å². The number of nitrogens with one attached hydrogen (secondary N) is 1. The smallest absolute Gasteiger partial charge is 0.223 e. The Morgan fingerprint density at radius 1 is 1.28 bits per heavy atom. The van der Waals surface area contributed by atoms with Gasteiger partial charge in [0.2, 0.25) is 5.88 Å². The van der Waals surface area contributed by atoms with Crippen molar-refractivity contribution in [1.29, 1.82) is 0 Å². The van der Waals surface area contributed by atoms with Crippen molar-refractivity contribution < 1.29 is 9.47 Å². The number of hydrogen-bond acceptors (Lipinski definition) is 6. The van der Waals surface area contributed by atoms with Crippen LogP contribution in [0.4, 0.5) is 0 Å². The maximum Gasteiger partial charge on any atom is 0.223 e. The predicted octanol–water partition coefficient (Wildman–Crippen LogP) is 3.15. The van der Waals surface area contributed by atoms with Crippen LogP contribution < -0.4 is 10.1 Å². The van der Waals surface area contributed by atoms with Crippen molar-refractivity contribution in [2.75, 3.05) is 13.2 Å². The number of fused-ring (bicyclic) bond motifs is 2. The standard InChI is InChI=1S/C22H27N5O2/c1-22(2,3)27-13-14(12-25-27)17-11-18-15(5-4-8-23-18)21(26-17)29-19-7-6-16-20(19)28-10-9-24-16/h4-5,8,11-13,16,19-20,24H,6-7,9-10H2,1-3H3/t16-,19-,20-/m0/s1. The molecule has 5 rings (SSSR count). The number of nitrogens with zero attached hydrogens (tertiary/aromatic N) is 4. The number of rotatable bonds is 3. The summed E-state index contributed by atoms with van der Waals surface area (Å²) in [5.41, 5.74) is 2.56. The molecule has 1 aliphatic carbocycles. The van der Waals surface area contributed by atoms with Gasteiger partial charge in [-0.2, -0.15) is 5.10 Å². The molecule has 3 aromatic rings. The number of morpholine rings is 1. The van der Waals surface area contributed by atoms with Crippen LogP contribution in [0.1, 0.15) is 33.6 Å². The van der Waals surface area contributed by atoms with Crippen LogP contribution in [0.5, 0.6) is 5.88 Å². The second-order valence-electron chi connectivity index (χ2n) is 8.86. The molecule has 7 heteroatoms. The summed E-state index contributed by atoms with van der Waals surface area (Å²) >= 11 is 0. The number of aromatic nitrogens is 4. The van der Waals surface area contributed by atoms with Gasteiger partial charge in [-0.3, -0.25) is 9.67 Å². The second-order valence-corrected chi connectivity index (χ2v) is 8.86. The second kappa shape index (κ2) is 7.07. The summed E-state index contributed by atoms with van der Waals surface area (Å²) in [7, 11) is 0. The molecule has 3 aromatic heterocycles. The van der Waals surface area contributed by atoms with Crippen LogP contribution in [-0.2, 0) is 10.3 Å². The highest BCUT2D eigenvalue weighted by atomic mass is 16.5. The summed E-state index contributed by atoms with van der Waals surface area (Å²) < 4.78 is 14.4. The zero-order chi connectivity index (χ0) is 20.0. The minimum absolute atomic E-state index is 0.00347. The fraction of sp³-hybridized carbons (Fsp3) is 0.500. The quantitative estimate of drug-likeness (QED) is 0.737. The minimum atomic E-state index is -0.0864. The van der Waals surface area contributed by atoms with Crippen molar-refractivity contribution in [2.24, 2.45) is 0 Å². The van der Waals surface area contributed by atoms with Gasteiger partial charge in [0.1, 0.15) is 12.2 Å². The van der Waals surface area contributed by atoms with E-state index < -0.39 is 0 Å². The third-order valence-electron chi connectivity index (χ3n) is 5.74. The number of hydrogen-bond donors (Lipinski definition) is 1. The molecule has 0 unspecified atom stereocenters. The van der Waals surface area contributed by atoms with E-state index in [1.807, 2.05) is 35.3 Å². The highest BCUT2D eigenvalue weighted by molar-refractivity contribution is 5.86. The van der Waals surface area contributed by atoms with Gasteiger partial charge >= 0.3 is 0 Å². The fourth-order valence-electron chi connectivity index (χ4n) is 4.19. The van der Waals surface area contributed by atoms with Crippen molar-refractivity contribution in [3.05, 3.63) is 36.8 Å². The molecule has 1 saturated heterocycles. The molecule has 4 heterocycles. The molecule has 1 saturated carbocycles. The summed E-state index contributed by atoms with van der Waals surface area (Å²) in [6.07, 6.45) is 7.77. The Kier molecular flexibility index (Phi) is 4.52. The molecule has 0 radical (unpaired) electrons. The minimum Gasteiger partial charge on any atom is -0.471 e. The van der Waals surface area contributed by atoms with Crippen molar-refractivity contribution in [3.63, 3.8) is 0 Å². The Labute approximate surface area is 170 Å². The van der Waals surface area contributed by atoms with Crippen molar-refractivity contribution in [3.8, 4) is 17.1 Å². The van der Waals surface area contributed by atoms with Gasteiger partial charge in [0, 0.05) is 30.5 Å². The van der Waals surface area contributed by atoms with E-state index >= 15 is 0 Å². The van der Waals surface area contributed by atoms with Crippen molar-refractivity contribution in [2.45, 2.75) is 57.4 Å². The highest BCUT2D eigenvalue weighted by Crippen LogP contribution is 2.33. The molecular weight excluding hydrogens is 366 g/mol. The third kappa shape index (κ3) is 3.49. The molecular formula is C22H27N5O2. The van der Waals surface area contributed by atoms with E-state index in [4.69, 9.17) is 14.5 Å². The molecule has 29 heavy (non-hydrogen) atoms. The zero-order valence-electron chi connectivity index (χ0n) is 17.1. The first kappa shape index (κ1) is 18.5. The van der Waals surface area contributed by atoms with Gasteiger partial charge in [-0.1, -0.05) is 0 Å². The largest absolute Gasteiger partial charge is 0.471 e. The summed E-state index contributed by atoms with van der Waals surface area (Å²) in [5, 5.41) is 8.98. The maximum atomic E-state index is 6.45. The molecule has 1 aliphatic heterocycles. The topological polar surface area (TPSA) is 74.1 Å². The van der Waals surface area contributed by atoms with Gasteiger partial charge in [0.25, 0.3) is 0 Å². The lowest BCUT2D eigenvalue weighted by Gasteiger charge is -2.30. The Morgan fingerprint density at radius 2 is 2.17 bits per heavy atom. The predicted molar refractivity (Wildman–Crippen MR) is 111 cm³/mol. The van der Waals surface area contributed by atoms with Gasteiger partial charge in [-0.15, -0.1) is 0 Å². The molecule has 0 aromatic carbocycles. The molecule has 2 aliphatic rings. The lowest BCUT2D eigenvalue weighted by molar-refractivity contribution is -0.0413. The molecule has 0 spiro atoms. The van der Waals surface area contributed by atoms with E-state index in [0.29, 0.717) is 11.9 Å². The Hall–Kier alpha value is -2.51. The lowest BCUT2D eigenvalue weighted by atomic mass is 10.1. The van der Waals surface area contributed by atoms with Crippen molar-refractivity contribution in [1.82, 2.24) is 25.1 Å². The van der Waals surface area contributed by atoms with E-state index in [1.54, 1.807) is 6.20 Å². The van der Waals surface area contributed by atoms with E-state index in [9.17, 15) is 0 Å². The third-order valence-corrected chi connectivity index (χ3v) is 5.74. The van der Waals surface area contributed by atoms with Crippen molar-refractivity contribution >= 4 is 10.9 Å². The van der Waals surface area contributed by atoms with Crippen LogP contribution in [0, 0.1) is 0 Å². The van der Waals surface area contributed by atoms with E-state index in [0.717, 1.165) is 48.2 Å². The SMILES string of the molecule is CC(C)(C)n1cc(-c2cc3ncccc3c(O[C@H]3CC[C@@H]4NCCO[C@@H]43)n2)cn1. The molecule has 0 amide bonds. The van der Waals surface area contributed by atoms with Gasteiger partial charge in [0.15, 0.2) is 0 Å². The van der Waals surface area contributed by atoms with E-state index in [2.05, 4.69) is 36.2 Å².